The Kier molecular flexibility index (Phi) is 5.77. The first-order chi connectivity index (χ1) is 12.6. The number of hydrogen-bond acceptors (Lipinski definition) is 5. The van der Waals surface area contributed by atoms with Crippen molar-refractivity contribution in [1.82, 2.24) is 14.9 Å². The number of aromatic nitrogens is 2. The Morgan fingerprint density at radius 1 is 1.12 bits per heavy atom. The van der Waals surface area contributed by atoms with Crippen LogP contribution in [0.4, 0.5) is 14.7 Å². The fraction of sp³-hybridized carbons (Fsp3) is 0.353. The number of benzene rings is 1. The van der Waals surface area contributed by atoms with Gasteiger partial charge in [-0.25, -0.2) is 15.0 Å². The SMILES string of the molecule is NC(=NCc1ccccc1OC(F)F)N1CCN(c2ncccn2)CC1. The van der Waals surface area contributed by atoms with E-state index in [1.807, 2.05) is 4.90 Å². The third-order valence-electron chi connectivity index (χ3n) is 4.04. The summed E-state index contributed by atoms with van der Waals surface area (Å²) < 4.78 is 29.4. The van der Waals surface area contributed by atoms with Gasteiger partial charge in [0.2, 0.25) is 5.95 Å². The molecule has 0 bridgehead atoms. The zero-order valence-electron chi connectivity index (χ0n) is 14.1. The third kappa shape index (κ3) is 4.56. The van der Waals surface area contributed by atoms with E-state index in [2.05, 4.69) is 24.6 Å². The van der Waals surface area contributed by atoms with E-state index in [-0.39, 0.29) is 12.3 Å². The molecule has 0 radical (unpaired) electrons. The highest BCUT2D eigenvalue weighted by Gasteiger charge is 2.20. The molecule has 0 unspecified atom stereocenters. The van der Waals surface area contributed by atoms with Crippen molar-refractivity contribution in [3.8, 4) is 5.75 Å². The highest BCUT2D eigenvalue weighted by atomic mass is 19.3. The molecular formula is C17H20F2N6O. The number of alkyl halides is 2. The molecule has 1 aromatic carbocycles. The molecule has 1 aliphatic heterocycles. The van der Waals surface area contributed by atoms with E-state index in [9.17, 15) is 8.78 Å². The first kappa shape index (κ1) is 17.8. The molecule has 138 valence electrons. The van der Waals surface area contributed by atoms with Gasteiger partial charge in [0.15, 0.2) is 5.96 Å². The van der Waals surface area contributed by atoms with Crippen LogP contribution in [0.3, 0.4) is 0 Å². The highest BCUT2D eigenvalue weighted by molar-refractivity contribution is 5.78. The first-order valence-electron chi connectivity index (χ1n) is 8.23. The van der Waals surface area contributed by atoms with Crippen LogP contribution in [0.1, 0.15) is 5.56 Å². The van der Waals surface area contributed by atoms with Crippen molar-refractivity contribution in [3.63, 3.8) is 0 Å². The molecule has 3 rings (SSSR count). The van der Waals surface area contributed by atoms with Gasteiger partial charge in [0.25, 0.3) is 0 Å². The lowest BCUT2D eigenvalue weighted by molar-refractivity contribution is -0.0504. The third-order valence-corrected chi connectivity index (χ3v) is 4.04. The summed E-state index contributed by atoms with van der Waals surface area (Å²) in [6.45, 7) is 0.129. The minimum Gasteiger partial charge on any atom is -0.434 e. The zero-order chi connectivity index (χ0) is 18.4. The van der Waals surface area contributed by atoms with Crippen LogP contribution in [-0.2, 0) is 6.54 Å². The van der Waals surface area contributed by atoms with Gasteiger partial charge in [-0.05, 0) is 12.1 Å². The number of nitrogens with two attached hydrogens (primary N) is 1. The summed E-state index contributed by atoms with van der Waals surface area (Å²) in [7, 11) is 0. The van der Waals surface area contributed by atoms with E-state index < -0.39 is 6.61 Å². The minimum absolute atomic E-state index is 0.116. The van der Waals surface area contributed by atoms with E-state index in [4.69, 9.17) is 5.73 Å². The summed E-state index contributed by atoms with van der Waals surface area (Å²) in [6, 6.07) is 8.35. The second kappa shape index (κ2) is 8.41. The fourth-order valence-corrected chi connectivity index (χ4v) is 2.70. The van der Waals surface area contributed by atoms with E-state index in [0.29, 0.717) is 30.6 Å². The van der Waals surface area contributed by atoms with Crippen LogP contribution in [0.2, 0.25) is 0 Å². The number of ether oxygens (including phenoxy) is 1. The van der Waals surface area contributed by atoms with E-state index in [1.165, 1.54) is 6.07 Å². The molecule has 2 aromatic rings. The van der Waals surface area contributed by atoms with Gasteiger partial charge in [0, 0.05) is 44.1 Å². The summed E-state index contributed by atoms with van der Waals surface area (Å²) in [5.41, 5.74) is 6.63. The predicted molar refractivity (Wildman–Crippen MR) is 94.2 cm³/mol. The highest BCUT2D eigenvalue weighted by Crippen LogP contribution is 2.21. The lowest BCUT2D eigenvalue weighted by Gasteiger charge is -2.35. The Hall–Kier alpha value is -2.97. The van der Waals surface area contributed by atoms with Gasteiger partial charge in [-0.1, -0.05) is 18.2 Å². The summed E-state index contributed by atoms with van der Waals surface area (Å²) in [4.78, 5) is 16.8. The minimum atomic E-state index is -2.87. The number of rotatable bonds is 5. The number of guanidine groups is 1. The van der Waals surface area contributed by atoms with Crippen molar-refractivity contribution >= 4 is 11.9 Å². The first-order valence-corrected chi connectivity index (χ1v) is 8.23. The molecule has 2 N–H and O–H groups in total. The molecule has 1 aromatic heterocycles. The number of halogens is 2. The molecular weight excluding hydrogens is 342 g/mol. The molecule has 0 saturated carbocycles. The van der Waals surface area contributed by atoms with Gasteiger partial charge in [-0.3, -0.25) is 0 Å². The van der Waals surface area contributed by atoms with Crippen LogP contribution < -0.4 is 15.4 Å². The summed E-state index contributed by atoms with van der Waals surface area (Å²) in [6.07, 6.45) is 3.42. The van der Waals surface area contributed by atoms with Crippen molar-refractivity contribution in [2.24, 2.45) is 10.7 Å². The van der Waals surface area contributed by atoms with Crippen LogP contribution in [0.25, 0.3) is 0 Å². The summed E-state index contributed by atoms with van der Waals surface area (Å²) in [5, 5.41) is 0. The maximum absolute atomic E-state index is 12.5. The topological polar surface area (TPSA) is 79.9 Å². The van der Waals surface area contributed by atoms with Crippen molar-refractivity contribution in [2.45, 2.75) is 13.2 Å². The smallest absolute Gasteiger partial charge is 0.387 e. The molecule has 0 spiro atoms. The molecule has 0 amide bonds. The van der Waals surface area contributed by atoms with Gasteiger partial charge in [0.05, 0.1) is 6.54 Å². The van der Waals surface area contributed by atoms with Crippen molar-refractivity contribution in [1.29, 1.82) is 0 Å². The monoisotopic (exact) mass is 362 g/mol. The standard InChI is InChI=1S/C17H20F2N6O/c18-15(19)26-14-5-2-1-4-13(14)12-23-16(20)24-8-10-25(11-9-24)17-21-6-3-7-22-17/h1-7,15H,8-12H2,(H2,20,23). The second-order valence-electron chi connectivity index (χ2n) is 5.68. The van der Waals surface area contributed by atoms with Gasteiger partial charge >= 0.3 is 6.61 Å². The van der Waals surface area contributed by atoms with Crippen LogP contribution in [-0.4, -0.2) is 53.6 Å². The number of para-hydroxylation sites is 1. The average Bonchev–Trinajstić information content (AvgIpc) is 2.67. The lowest BCUT2D eigenvalue weighted by Crippen LogP contribution is -2.51. The molecule has 1 saturated heterocycles. The number of aliphatic imine (C=N–C) groups is 1. The molecule has 1 aliphatic rings. The Bertz CT molecular complexity index is 735. The van der Waals surface area contributed by atoms with Crippen LogP contribution >= 0.6 is 0 Å². The molecule has 7 nitrogen and oxygen atoms in total. The van der Waals surface area contributed by atoms with Crippen LogP contribution in [0.5, 0.6) is 5.75 Å². The Morgan fingerprint density at radius 2 is 1.81 bits per heavy atom. The molecule has 2 heterocycles. The number of hydrogen-bond donors (Lipinski definition) is 1. The van der Waals surface area contributed by atoms with Crippen molar-refractivity contribution in [2.75, 3.05) is 31.1 Å². The fourth-order valence-electron chi connectivity index (χ4n) is 2.70. The number of nitrogens with zero attached hydrogens (tertiary/aromatic N) is 5. The van der Waals surface area contributed by atoms with Crippen LogP contribution in [0, 0.1) is 0 Å². The summed E-state index contributed by atoms with van der Waals surface area (Å²) in [5.74, 6) is 1.19. The Labute approximate surface area is 150 Å². The van der Waals surface area contributed by atoms with E-state index in [0.717, 1.165) is 13.1 Å². The number of anilines is 1. The normalized spacial score (nSPS) is 15.4. The molecule has 0 aliphatic carbocycles. The van der Waals surface area contributed by atoms with E-state index >= 15 is 0 Å². The molecule has 0 atom stereocenters. The lowest BCUT2D eigenvalue weighted by atomic mass is 10.2. The van der Waals surface area contributed by atoms with Gasteiger partial charge < -0.3 is 20.3 Å². The average molecular weight is 362 g/mol. The molecule has 9 heteroatoms. The van der Waals surface area contributed by atoms with Gasteiger partial charge in [-0.2, -0.15) is 8.78 Å². The quantitative estimate of drug-likeness (QED) is 0.644. The predicted octanol–water partition coefficient (Wildman–Crippen LogP) is 1.71. The van der Waals surface area contributed by atoms with Crippen molar-refractivity contribution < 1.29 is 13.5 Å². The second-order valence-corrected chi connectivity index (χ2v) is 5.68. The zero-order valence-corrected chi connectivity index (χ0v) is 14.1. The summed E-state index contributed by atoms with van der Waals surface area (Å²) >= 11 is 0. The van der Waals surface area contributed by atoms with Gasteiger partial charge in [0.1, 0.15) is 5.75 Å². The van der Waals surface area contributed by atoms with Crippen molar-refractivity contribution in [3.05, 3.63) is 48.3 Å². The Balaban J connectivity index is 1.58. The van der Waals surface area contributed by atoms with E-state index in [1.54, 1.807) is 36.7 Å². The van der Waals surface area contributed by atoms with Gasteiger partial charge in [-0.15, -0.1) is 0 Å². The Morgan fingerprint density at radius 3 is 2.50 bits per heavy atom. The largest absolute Gasteiger partial charge is 0.434 e. The van der Waals surface area contributed by atoms with Crippen LogP contribution in [0.15, 0.2) is 47.7 Å². The maximum Gasteiger partial charge on any atom is 0.387 e. The number of piperazine rings is 1. The molecule has 26 heavy (non-hydrogen) atoms. The molecule has 1 fully saturated rings. The maximum atomic E-state index is 12.5.